The highest BCUT2D eigenvalue weighted by Crippen LogP contribution is 2.27. The van der Waals surface area contributed by atoms with Gasteiger partial charge in [0.15, 0.2) is 11.6 Å². The summed E-state index contributed by atoms with van der Waals surface area (Å²) in [6, 6.07) is 4.85. The molecule has 0 bridgehead atoms. The Morgan fingerprint density at radius 2 is 2.10 bits per heavy atom. The van der Waals surface area contributed by atoms with Gasteiger partial charge in [-0.25, -0.2) is 9.37 Å². The minimum atomic E-state index is -0.364. The molecule has 0 amide bonds. The number of benzene rings is 1. The molecule has 0 saturated carbocycles. The number of rotatable bonds is 4. The van der Waals surface area contributed by atoms with Crippen molar-refractivity contribution in [1.29, 1.82) is 0 Å². The van der Waals surface area contributed by atoms with Gasteiger partial charge in [-0.05, 0) is 12.1 Å². The van der Waals surface area contributed by atoms with Crippen LogP contribution in [0.4, 0.5) is 10.1 Å². The molecule has 0 aliphatic carbocycles. The lowest BCUT2D eigenvalue weighted by atomic mass is 9.98. The molecule has 3 nitrogen and oxygen atoms in total. The molecule has 0 saturated heterocycles. The smallest absolute Gasteiger partial charge is 0.167 e. The fraction of sp³-hybridized carbons (Fsp3) is 0.400. The molecular weight excluding hydrogens is 275 g/mol. The van der Waals surface area contributed by atoms with E-state index in [4.69, 9.17) is 4.74 Å². The van der Waals surface area contributed by atoms with E-state index in [0.29, 0.717) is 6.54 Å². The van der Waals surface area contributed by atoms with Crippen LogP contribution in [0.3, 0.4) is 0 Å². The predicted octanol–water partition coefficient (Wildman–Crippen LogP) is 4.20. The van der Waals surface area contributed by atoms with Crippen LogP contribution in [0.1, 0.15) is 30.7 Å². The number of ether oxygens (including phenoxy) is 1. The summed E-state index contributed by atoms with van der Waals surface area (Å²) in [5.74, 6) is -0.111. The number of methoxy groups -OCH3 is 1. The fourth-order valence-corrected chi connectivity index (χ4v) is 2.61. The van der Waals surface area contributed by atoms with E-state index in [1.807, 2.05) is 6.20 Å². The highest BCUT2D eigenvalue weighted by molar-refractivity contribution is 7.11. The first-order valence-electron chi connectivity index (χ1n) is 6.43. The summed E-state index contributed by atoms with van der Waals surface area (Å²) < 4.78 is 18.5. The van der Waals surface area contributed by atoms with Gasteiger partial charge < -0.3 is 10.1 Å². The first kappa shape index (κ1) is 14.8. The molecule has 0 fully saturated rings. The number of aromatic nitrogens is 1. The Balaban J connectivity index is 2.02. The Morgan fingerprint density at radius 3 is 2.65 bits per heavy atom. The lowest BCUT2D eigenvalue weighted by Crippen LogP contribution is -2.09. The van der Waals surface area contributed by atoms with Crippen LogP contribution in [0.25, 0.3) is 0 Å². The van der Waals surface area contributed by atoms with Gasteiger partial charge in [0.1, 0.15) is 0 Å². The van der Waals surface area contributed by atoms with Crippen molar-refractivity contribution < 1.29 is 9.13 Å². The minimum absolute atomic E-state index is 0.0646. The zero-order valence-electron chi connectivity index (χ0n) is 12.2. The highest BCUT2D eigenvalue weighted by Gasteiger charge is 2.17. The molecule has 0 unspecified atom stereocenters. The zero-order chi connectivity index (χ0) is 14.8. The van der Waals surface area contributed by atoms with E-state index in [-0.39, 0.29) is 17.0 Å². The molecule has 0 atom stereocenters. The normalized spacial score (nSPS) is 11.4. The van der Waals surface area contributed by atoms with Crippen LogP contribution in [0.5, 0.6) is 5.75 Å². The molecule has 1 heterocycles. The number of thiazole rings is 1. The van der Waals surface area contributed by atoms with E-state index in [2.05, 4.69) is 31.1 Å². The Labute approximate surface area is 122 Å². The third-order valence-electron chi connectivity index (χ3n) is 2.81. The van der Waals surface area contributed by atoms with Gasteiger partial charge in [0.25, 0.3) is 0 Å². The van der Waals surface area contributed by atoms with Crippen LogP contribution >= 0.6 is 11.3 Å². The van der Waals surface area contributed by atoms with Crippen molar-refractivity contribution in [2.24, 2.45) is 0 Å². The Kier molecular flexibility index (Phi) is 4.28. The average molecular weight is 294 g/mol. The van der Waals surface area contributed by atoms with Crippen LogP contribution in [-0.2, 0) is 12.0 Å². The quantitative estimate of drug-likeness (QED) is 0.917. The average Bonchev–Trinajstić information content (AvgIpc) is 2.85. The second-order valence-electron chi connectivity index (χ2n) is 5.58. The summed E-state index contributed by atoms with van der Waals surface area (Å²) in [7, 11) is 1.46. The van der Waals surface area contributed by atoms with Crippen molar-refractivity contribution in [3.05, 3.63) is 40.1 Å². The summed E-state index contributed by atoms with van der Waals surface area (Å²) >= 11 is 1.68. The van der Waals surface area contributed by atoms with E-state index >= 15 is 0 Å². The van der Waals surface area contributed by atoms with E-state index in [9.17, 15) is 4.39 Å². The maximum absolute atomic E-state index is 13.6. The van der Waals surface area contributed by atoms with Crippen LogP contribution in [0, 0.1) is 5.82 Å². The third kappa shape index (κ3) is 3.48. The van der Waals surface area contributed by atoms with Crippen molar-refractivity contribution in [3.8, 4) is 5.75 Å². The molecule has 2 rings (SSSR count). The Morgan fingerprint density at radius 1 is 1.35 bits per heavy atom. The van der Waals surface area contributed by atoms with Crippen molar-refractivity contribution in [2.75, 3.05) is 12.4 Å². The van der Waals surface area contributed by atoms with E-state index < -0.39 is 0 Å². The molecule has 5 heteroatoms. The maximum Gasteiger partial charge on any atom is 0.167 e. The van der Waals surface area contributed by atoms with E-state index in [0.717, 1.165) is 15.6 Å². The second kappa shape index (κ2) is 5.79. The summed E-state index contributed by atoms with van der Waals surface area (Å²) in [5, 5.41) is 4.30. The lowest BCUT2D eigenvalue weighted by Gasteiger charge is -2.13. The topological polar surface area (TPSA) is 34.1 Å². The highest BCUT2D eigenvalue weighted by atomic mass is 32.1. The number of hydrogen-bond acceptors (Lipinski definition) is 4. The Hall–Kier alpha value is -1.62. The molecule has 0 spiro atoms. The number of halogens is 1. The molecule has 0 aliphatic heterocycles. The standard InChI is InChI=1S/C15H19FN2OS/c1-15(2,3)14-18-9-11(20-14)8-17-10-5-6-13(19-4)12(16)7-10/h5-7,9,17H,8H2,1-4H3. The van der Waals surface area contributed by atoms with Gasteiger partial charge in [0.2, 0.25) is 0 Å². The summed E-state index contributed by atoms with van der Waals surface area (Å²) in [6.45, 7) is 7.06. The molecule has 2 aromatic rings. The first-order valence-corrected chi connectivity index (χ1v) is 7.24. The van der Waals surface area contributed by atoms with Crippen molar-refractivity contribution >= 4 is 17.0 Å². The molecule has 1 N–H and O–H groups in total. The summed E-state index contributed by atoms with van der Waals surface area (Å²) in [4.78, 5) is 5.56. The lowest BCUT2D eigenvalue weighted by molar-refractivity contribution is 0.386. The van der Waals surface area contributed by atoms with Crippen LogP contribution in [0.15, 0.2) is 24.4 Å². The van der Waals surface area contributed by atoms with Crippen molar-refractivity contribution in [1.82, 2.24) is 4.98 Å². The molecular formula is C15H19FN2OS. The van der Waals surface area contributed by atoms with Crippen LogP contribution in [-0.4, -0.2) is 12.1 Å². The molecule has 0 radical (unpaired) electrons. The number of nitrogens with one attached hydrogen (secondary N) is 1. The third-order valence-corrected chi connectivity index (χ3v) is 4.24. The predicted molar refractivity (Wildman–Crippen MR) is 81.1 cm³/mol. The summed E-state index contributed by atoms with van der Waals surface area (Å²) in [6.07, 6.45) is 1.87. The second-order valence-corrected chi connectivity index (χ2v) is 6.70. The van der Waals surface area contributed by atoms with Gasteiger partial charge in [-0.1, -0.05) is 20.8 Å². The van der Waals surface area contributed by atoms with E-state index in [1.54, 1.807) is 23.5 Å². The van der Waals surface area contributed by atoms with Crippen molar-refractivity contribution in [3.63, 3.8) is 0 Å². The SMILES string of the molecule is COc1ccc(NCc2cnc(C(C)(C)C)s2)cc1F. The molecule has 1 aromatic heterocycles. The number of hydrogen-bond donors (Lipinski definition) is 1. The van der Waals surface area contributed by atoms with Gasteiger partial charge in [-0.3, -0.25) is 0 Å². The number of anilines is 1. The minimum Gasteiger partial charge on any atom is -0.494 e. The molecule has 108 valence electrons. The molecule has 20 heavy (non-hydrogen) atoms. The van der Waals surface area contributed by atoms with Crippen LogP contribution < -0.4 is 10.1 Å². The summed E-state index contributed by atoms with van der Waals surface area (Å²) in [5.41, 5.74) is 0.795. The van der Waals surface area contributed by atoms with Crippen molar-refractivity contribution in [2.45, 2.75) is 32.7 Å². The van der Waals surface area contributed by atoms with Gasteiger partial charge in [-0.2, -0.15) is 0 Å². The van der Waals surface area contributed by atoms with Gasteiger partial charge in [0, 0.05) is 28.2 Å². The fourth-order valence-electron chi connectivity index (χ4n) is 1.70. The maximum atomic E-state index is 13.6. The number of nitrogens with zero attached hydrogens (tertiary/aromatic N) is 1. The first-order chi connectivity index (χ1) is 9.40. The van der Waals surface area contributed by atoms with Crippen LogP contribution in [0.2, 0.25) is 0 Å². The Bertz CT molecular complexity index is 590. The van der Waals surface area contributed by atoms with Gasteiger partial charge in [0.05, 0.1) is 18.7 Å². The molecule has 0 aliphatic rings. The van der Waals surface area contributed by atoms with Gasteiger partial charge in [-0.15, -0.1) is 11.3 Å². The molecule has 1 aromatic carbocycles. The van der Waals surface area contributed by atoms with Gasteiger partial charge >= 0.3 is 0 Å². The zero-order valence-corrected chi connectivity index (χ0v) is 13.0. The largest absolute Gasteiger partial charge is 0.494 e. The van der Waals surface area contributed by atoms with E-state index in [1.165, 1.54) is 13.2 Å². The monoisotopic (exact) mass is 294 g/mol.